The number of allylic oxidation sites excluding steroid dienone is 1. The molecule has 0 bridgehead atoms. The van der Waals surface area contributed by atoms with Crippen molar-refractivity contribution in [3.05, 3.63) is 65.4 Å². The molecule has 0 aliphatic carbocycles. The summed E-state index contributed by atoms with van der Waals surface area (Å²) in [6.45, 7) is 1.49. The van der Waals surface area contributed by atoms with E-state index in [4.69, 9.17) is 5.41 Å². The summed E-state index contributed by atoms with van der Waals surface area (Å²) in [6, 6.07) is 8.35. The molecule has 3 heterocycles. The lowest BCUT2D eigenvalue weighted by atomic mass is 10.0. The number of halogens is 4. The lowest BCUT2D eigenvalue weighted by molar-refractivity contribution is -0.141. The van der Waals surface area contributed by atoms with E-state index in [9.17, 15) is 17.6 Å². The molecule has 1 fully saturated rings. The lowest BCUT2D eigenvalue weighted by Crippen LogP contribution is -2.42. The maximum Gasteiger partial charge on any atom is 0.433 e. The minimum atomic E-state index is -4.67. The Morgan fingerprint density at radius 3 is 2.51 bits per heavy atom. The van der Waals surface area contributed by atoms with E-state index in [1.165, 1.54) is 6.21 Å². The highest BCUT2D eigenvalue weighted by atomic mass is 19.4. The zero-order chi connectivity index (χ0) is 25.0. The van der Waals surface area contributed by atoms with E-state index in [0.29, 0.717) is 30.5 Å². The minimum absolute atomic E-state index is 0.0813. The maximum atomic E-state index is 14.1. The number of nitrogens with zero attached hydrogens (tertiary/aromatic N) is 4. The molecule has 1 aliphatic heterocycles. The fourth-order valence-corrected chi connectivity index (χ4v) is 4.18. The summed E-state index contributed by atoms with van der Waals surface area (Å²) in [4.78, 5) is 5.49. The Balaban J connectivity index is 1.43. The Labute approximate surface area is 199 Å². The second-order valence-corrected chi connectivity index (χ2v) is 8.22. The van der Waals surface area contributed by atoms with Crippen LogP contribution in [0.4, 0.5) is 23.4 Å². The predicted molar refractivity (Wildman–Crippen MR) is 127 cm³/mol. The predicted octanol–water partition coefficient (Wildman–Crippen LogP) is 4.15. The highest BCUT2D eigenvalue weighted by molar-refractivity contribution is 5.99. The third-order valence-electron chi connectivity index (χ3n) is 6.04. The third-order valence-corrected chi connectivity index (χ3v) is 6.04. The molecule has 7 nitrogen and oxygen atoms in total. The molecule has 3 N–H and O–H groups in total. The van der Waals surface area contributed by atoms with Crippen LogP contribution in [0.25, 0.3) is 16.5 Å². The van der Waals surface area contributed by atoms with E-state index < -0.39 is 17.7 Å². The summed E-state index contributed by atoms with van der Waals surface area (Å²) < 4.78 is 52.2. The van der Waals surface area contributed by atoms with Crippen LogP contribution in [0.15, 0.2) is 42.6 Å². The van der Waals surface area contributed by atoms with Crippen molar-refractivity contribution in [3.8, 4) is 0 Å². The van der Waals surface area contributed by atoms with Gasteiger partial charge in [-0.15, -0.1) is 10.2 Å². The summed E-state index contributed by atoms with van der Waals surface area (Å²) in [5, 5.41) is 24.5. The van der Waals surface area contributed by atoms with Gasteiger partial charge in [-0.05, 0) is 18.9 Å². The Morgan fingerprint density at radius 1 is 1.17 bits per heavy atom. The van der Waals surface area contributed by atoms with Crippen molar-refractivity contribution in [3.63, 3.8) is 0 Å². The second kappa shape index (κ2) is 10.3. The van der Waals surface area contributed by atoms with Crippen molar-refractivity contribution in [2.24, 2.45) is 0 Å². The highest BCUT2D eigenvalue weighted by Crippen LogP contribution is 2.30. The third kappa shape index (κ3) is 5.40. The van der Waals surface area contributed by atoms with Gasteiger partial charge >= 0.3 is 6.18 Å². The van der Waals surface area contributed by atoms with Gasteiger partial charge in [0.2, 0.25) is 0 Å². The fraction of sp³-hybridized carbons (Fsp3) is 0.333. The van der Waals surface area contributed by atoms with Gasteiger partial charge in [0.1, 0.15) is 17.2 Å². The van der Waals surface area contributed by atoms with E-state index in [1.54, 1.807) is 13.1 Å². The average molecular weight is 488 g/mol. The monoisotopic (exact) mass is 487 g/mol. The van der Waals surface area contributed by atoms with Crippen molar-refractivity contribution in [1.29, 1.82) is 5.41 Å². The average Bonchev–Trinajstić information content (AvgIpc) is 2.86. The van der Waals surface area contributed by atoms with Gasteiger partial charge in [0.15, 0.2) is 5.82 Å². The van der Waals surface area contributed by atoms with Gasteiger partial charge in [-0.3, -0.25) is 4.98 Å². The van der Waals surface area contributed by atoms with Crippen LogP contribution >= 0.6 is 0 Å². The van der Waals surface area contributed by atoms with Gasteiger partial charge in [-0.2, -0.15) is 13.2 Å². The number of hydrogen-bond donors (Lipinski definition) is 3. The summed E-state index contributed by atoms with van der Waals surface area (Å²) >= 11 is 0. The summed E-state index contributed by atoms with van der Waals surface area (Å²) in [5.41, 5.74) is 0.231. The van der Waals surface area contributed by atoms with Crippen LogP contribution < -0.4 is 15.5 Å². The quantitative estimate of drug-likeness (QED) is 0.343. The normalized spacial score (nSPS) is 15.5. The fourth-order valence-electron chi connectivity index (χ4n) is 4.18. The van der Waals surface area contributed by atoms with E-state index in [-0.39, 0.29) is 18.2 Å². The molecule has 11 heteroatoms. The van der Waals surface area contributed by atoms with Crippen LogP contribution in [-0.2, 0) is 12.7 Å². The van der Waals surface area contributed by atoms with Gasteiger partial charge in [-0.1, -0.05) is 24.3 Å². The zero-order valence-electron chi connectivity index (χ0n) is 19.0. The number of benzene rings is 1. The van der Waals surface area contributed by atoms with Crippen LogP contribution in [0.5, 0.6) is 0 Å². The molecule has 0 atom stereocenters. The number of hydrogen-bond acceptors (Lipinski definition) is 7. The Morgan fingerprint density at radius 2 is 1.89 bits per heavy atom. The van der Waals surface area contributed by atoms with Crippen molar-refractivity contribution in [2.45, 2.75) is 31.6 Å². The molecule has 3 aromatic rings. The summed E-state index contributed by atoms with van der Waals surface area (Å²) in [5.74, 6) is -0.150. The molecule has 0 spiro atoms. The number of fused-ring (bicyclic) bond motifs is 1. The largest absolute Gasteiger partial charge is 0.433 e. The first kappa shape index (κ1) is 24.5. The van der Waals surface area contributed by atoms with Crippen molar-refractivity contribution in [2.75, 3.05) is 25.0 Å². The van der Waals surface area contributed by atoms with Gasteiger partial charge in [0, 0.05) is 67.5 Å². The van der Waals surface area contributed by atoms with Gasteiger partial charge in [-0.25, -0.2) is 4.39 Å². The molecule has 0 unspecified atom stereocenters. The smallest absolute Gasteiger partial charge is 0.386 e. The molecule has 0 radical (unpaired) electrons. The number of nitrogens with one attached hydrogen (secondary N) is 3. The number of rotatable bonds is 7. The minimum Gasteiger partial charge on any atom is -0.386 e. The molecule has 1 saturated heterocycles. The topological polar surface area (TPSA) is 89.8 Å². The van der Waals surface area contributed by atoms with Gasteiger partial charge in [0.25, 0.3) is 0 Å². The number of aromatic nitrogens is 3. The molecule has 0 saturated carbocycles. The van der Waals surface area contributed by atoms with Crippen LogP contribution in [0.3, 0.4) is 0 Å². The number of alkyl halides is 3. The van der Waals surface area contributed by atoms with Crippen LogP contribution in [-0.4, -0.2) is 47.6 Å². The SMILES string of the molecule is CN/C(=C\C=N)c1nnc(N2CCC(NCc3cnc(C(F)(F)F)cc3F)CC2)c2ccccc12. The molecular weight excluding hydrogens is 462 g/mol. The van der Waals surface area contributed by atoms with Crippen LogP contribution in [0, 0.1) is 11.2 Å². The molecule has 35 heavy (non-hydrogen) atoms. The van der Waals surface area contributed by atoms with Gasteiger partial charge in [0.05, 0.1) is 5.70 Å². The summed E-state index contributed by atoms with van der Waals surface area (Å²) in [7, 11) is 1.77. The standard InChI is InChI=1S/C24H25F4N7/c1-30-20(6-9-29)22-17-4-2-3-5-18(17)23(34-33-22)35-10-7-16(8-11-35)31-13-15-14-32-21(12-19(15)25)24(26,27)28/h2-6,9,12,14,16,29-31H,7-8,10-11,13H2,1H3/b20-6-,29-9?. The molecule has 0 amide bonds. The van der Waals surface area contributed by atoms with Crippen LogP contribution in [0.2, 0.25) is 0 Å². The van der Waals surface area contributed by atoms with E-state index >= 15 is 0 Å². The molecule has 4 rings (SSSR count). The first-order chi connectivity index (χ1) is 16.8. The molecule has 1 aromatic carbocycles. The number of anilines is 1. The number of pyridine rings is 1. The Hall–Kier alpha value is -3.60. The second-order valence-electron chi connectivity index (χ2n) is 8.22. The lowest BCUT2D eigenvalue weighted by Gasteiger charge is -2.33. The molecular formula is C24H25F4N7. The van der Waals surface area contributed by atoms with Gasteiger partial charge < -0.3 is 20.9 Å². The first-order valence-electron chi connectivity index (χ1n) is 11.2. The van der Waals surface area contributed by atoms with Crippen molar-refractivity contribution in [1.82, 2.24) is 25.8 Å². The zero-order valence-corrected chi connectivity index (χ0v) is 19.0. The molecule has 1 aliphatic rings. The molecule has 184 valence electrons. The van der Waals surface area contributed by atoms with E-state index in [1.807, 2.05) is 24.3 Å². The Bertz CT molecular complexity index is 1230. The number of piperidine rings is 1. The Kier molecular flexibility index (Phi) is 7.25. The first-order valence-corrected chi connectivity index (χ1v) is 11.2. The van der Waals surface area contributed by atoms with E-state index in [0.717, 1.165) is 35.6 Å². The summed E-state index contributed by atoms with van der Waals surface area (Å²) in [6.07, 6.45) is 0.598. The highest BCUT2D eigenvalue weighted by Gasteiger charge is 2.33. The van der Waals surface area contributed by atoms with E-state index in [2.05, 4.69) is 30.7 Å². The maximum absolute atomic E-state index is 14.1. The van der Waals surface area contributed by atoms with Crippen molar-refractivity contribution < 1.29 is 17.6 Å². The van der Waals surface area contributed by atoms with Crippen LogP contribution in [0.1, 0.15) is 29.8 Å². The molecule has 2 aromatic heterocycles. The van der Waals surface area contributed by atoms with Crippen molar-refractivity contribution >= 4 is 28.5 Å².